The van der Waals surface area contributed by atoms with Crippen molar-refractivity contribution < 1.29 is 23.0 Å². The van der Waals surface area contributed by atoms with Crippen LogP contribution in [0.15, 0.2) is 80.8 Å². The summed E-state index contributed by atoms with van der Waals surface area (Å²) >= 11 is 0. The van der Waals surface area contributed by atoms with Gasteiger partial charge in [0.2, 0.25) is 10.0 Å². The van der Waals surface area contributed by atoms with E-state index in [9.17, 15) is 23.4 Å². The van der Waals surface area contributed by atoms with Crippen LogP contribution < -0.4 is 10.3 Å². The standard InChI is InChI=1S/C24H21NO6S/c1-14-8-10-17(11-9-14)32(29,30)25-23(16-6-4-3-5-7-16)22-19(27)13-18(26)21-15(2)12-20(28)31-24(21)22/h3-13,23,25-27H,1-2H3. The van der Waals surface area contributed by atoms with Crippen LogP contribution in [0.4, 0.5) is 0 Å². The molecular weight excluding hydrogens is 430 g/mol. The molecule has 0 aliphatic rings. The predicted molar refractivity (Wildman–Crippen MR) is 120 cm³/mol. The van der Waals surface area contributed by atoms with Gasteiger partial charge in [-0.1, -0.05) is 48.0 Å². The average molecular weight is 452 g/mol. The van der Waals surface area contributed by atoms with Crippen LogP contribution in [0.2, 0.25) is 0 Å². The van der Waals surface area contributed by atoms with Crippen LogP contribution >= 0.6 is 0 Å². The molecule has 1 heterocycles. The average Bonchev–Trinajstić information content (AvgIpc) is 2.73. The molecule has 0 bridgehead atoms. The number of aromatic hydroxyl groups is 2. The van der Waals surface area contributed by atoms with Gasteiger partial charge in [0.1, 0.15) is 11.5 Å². The molecule has 0 radical (unpaired) electrons. The Hall–Kier alpha value is -3.62. The monoisotopic (exact) mass is 451 g/mol. The Morgan fingerprint density at radius 1 is 0.906 bits per heavy atom. The van der Waals surface area contributed by atoms with Gasteiger partial charge >= 0.3 is 5.63 Å². The molecule has 0 saturated carbocycles. The fourth-order valence-corrected chi connectivity index (χ4v) is 4.87. The molecule has 3 aromatic carbocycles. The maximum absolute atomic E-state index is 13.2. The van der Waals surface area contributed by atoms with Crippen molar-refractivity contribution in [3.05, 3.63) is 99.4 Å². The van der Waals surface area contributed by atoms with Gasteiger partial charge in [0.15, 0.2) is 5.58 Å². The number of phenols is 2. The summed E-state index contributed by atoms with van der Waals surface area (Å²) < 4.78 is 34.4. The Labute approximate surface area is 184 Å². The third-order valence-electron chi connectivity index (χ3n) is 5.23. The second kappa shape index (κ2) is 8.14. The highest BCUT2D eigenvalue weighted by Gasteiger charge is 2.29. The Morgan fingerprint density at radius 3 is 2.22 bits per heavy atom. The molecule has 0 aliphatic heterocycles. The van der Waals surface area contributed by atoms with E-state index in [0.717, 1.165) is 11.6 Å². The molecule has 4 aromatic rings. The predicted octanol–water partition coefficient (Wildman–Crippen LogP) is 3.89. The Kier molecular flexibility index (Phi) is 5.50. The number of nitrogens with one attached hydrogen (secondary N) is 1. The molecule has 164 valence electrons. The van der Waals surface area contributed by atoms with Crippen LogP contribution in [0, 0.1) is 13.8 Å². The smallest absolute Gasteiger partial charge is 0.336 e. The largest absolute Gasteiger partial charge is 0.507 e. The van der Waals surface area contributed by atoms with Crippen molar-refractivity contribution in [3.63, 3.8) is 0 Å². The Balaban J connectivity index is 1.98. The van der Waals surface area contributed by atoms with Gasteiger partial charge in [-0.25, -0.2) is 13.2 Å². The van der Waals surface area contributed by atoms with Crippen molar-refractivity contribution in [1.82, 2.24) is 4.72 Å². The lowest BCUT2D eigenvalue weighted by Crippen LogP contribution is -2.30. The maximum atomic E-state index is 13.2. The highest BCUT2D eigenvalue weighted by atomic mass is 32.2. The van der Waals surface area contributed by atoms with Crippen molar-refractivity contribution in [3.8, 4) is 11.5 Å². The highest BCUT2D eigenvalue weighted by molar-refractivity contribution is 7.89. The first-order chi connectivity index (χ1) is 15.2. The maximum Gasteiger partial charge on any atom is 0.336 e. The van der Waals surface area contributed by atoms with E-state index in [1.165, 1.54) is 18.2 Å². The number of sulfonamides is 1. The number of rotatable bonds is 5. The quantitative estimate of drug-likeness (QED) is 0.397. The summed E-state index contributed by atoms with van der Waals surface area (Å²) in [7, 11) is -4.03. The van der Waals surface area contributed by atoms with Crippen LogP contribution in [-0.2, 0) is 10.0 Å². The van der Waals surface area contributed by atoms with Crippen molar-refractivity contribution in [2.45, 2.75) is 24.8 Å². The fraction of sp³-hybridized carbons (Fsp3) is 0.125. The molecule has 0 saturated heterocycles. The molecule has 8 heteroatoms. The van der Waals surface area contributed by atoms with E-state index < -0.39 is 27.4 Å². The minimum Gasteiger partial charge on any atom is -0.507 e. The van der Waals surface area contributed by atoms with E-state index in [0.29, 0.717) is 11.1 Å². The van der Waals surface area contributed by atoms with Gasteiger partial charge < -0.3 is 14.6 Å². The second-order valence-electron chi connectivity index (χ2n) is 7.56. The molecule has 0 fully saturated rings. The number of hydrogen-bond donors (Lipinski definition) is 3. The fourth-order valence-electron chi connectivity index (χ4n) is 3.67. The number of aryl methyl sites for hydroxylation is 2. The molecule has 32 heavy (non-hydrogen) atoms. The summed E-state index contributed by atoms with van der Waals surface area (Å²) in [6.07, 6.45) is 0. The first-order valence-electron chi connectivity index (χ1n) is 9.80. The molecule has 1 aromatic heterocycles. The molecule has 4 rings (SSSR count). The van der Waals surface area contributed by atoms with Crippen LogP contribution in [0.25, 0.3) is 11.0 Å². The van der Waals surface area contributed by atoms with Crippen LogP contribution in [0.1, 0.15) is 28.3 Å². The van der Waals surface area contributed by atoms with Gasteiger partial charge in [-0.2, -0.15) is 4.72 Å². The number of phenolic OH excluding ortho intramolecular Hbond substituents is 2. The molecule has 0 aliphatic carbocycles. The summed E-state index contributed by atoms with van der Waals surface area (Å²) in [6.45, 7) is 3.47. The number of benzene rings is 3. The number of fused-ring (bicyclic) bond motifs is 1. The van der Waals surface area contributed by atoms with E-state index in [-0.39, 0.29) is 27.2 Å². The summed E-state index contributed by atoms with van der Waals surface area (Å²) in [6, 6.07) is 16.2. The topological polar surface area (TPSA) is 117 Å². The lowest BCUT2D eigenvalue weighted by Gasteiger charge is -2.22. The lowest BCUT2D eigenvalue weighted by molar-refractivity contribution is 0.441. The minimum absolute atomic E-state index is 0.0282. The zero-order chi connectivity index (χ0) is 23.0. The normalized spacial score (nSPS) is 12.7. The summed E-state index contributed by atoms with van der Waals surface area (Å²) in [5.41, 5.74) is 1.10. The van der Waals surface area contributed by atoms with Gasteiger partial charge in [0.25, 0.3) is 0 Å². The molecule has 0 spiro atoms. The van der Waals surface area contributed by atoms with Gasteiger partial charge in [0, 0.05) is 12.1 Å². The first kappa shape index (κ1) is 21.6. The van der Waals surface area contributed by atoms with Crippen molar-refractivity contribution >= 4 is 21.0 Å². The second-order valence-corrected chi connectivity index (χ2v) is 9.27. The molecular formula is C24H21NO6S. The zero-order valence-corrected chi connectivity index (χ0v) is 18.2. The lowest BCUT2D eigenvalue weighted by atomic mass is 9.95. The summed E-state index contributed by atoms with van der Waals surface area (Å²) in [5, 5.41) is 21.3. The van der Waals surface area contributed by atoms with Gasteiger partial charge in [-0.15, -0.1) is 0 Å². The van der Waals surface area contributed by atoms with E-state index in [4.69, 9.17) is 4.42 Å². The number of hydrogen-bond acceptors (Lipinski definition) is 6. The summed E-state index contributed by atoms with van der Waals surface area (Å²) in [5.74, 6) is -0.695. The molecule has 1 atom stereocenters. The van der Waals surface area contributed by atoms with Crippen LogP contribution in [0.3, 0.4) is 0 Å². The summed E-state index contributed by atoms with van der Waals surface area (Å²) in [4.78, 5) is 12.2. The van der Waals surface area contributed by atoms with E-state index in [1.807, 2.05) is 6.92 Å². The van der Waals surface area contributed by atoms with Crippen LogP contribution in [0.5, 0.6) is 11.5 Å². The Bertz CT molecular complexity index is 1460. The SMILES string of the molecule is Cc1ccc(S(=O)(=O)NC(c2ccccc2)c2c(O)cc(O)c3c(C)cc(=O)oc23)cc1. The molecule has 7 nitrogen and oxygen atoms in total. The van der Waals surface area contributed by atoms with Crippen molar-refractivity contribution in [2.24, 2.45) is 0 Å². The third kappa shape index (κ3) is 3.98. The molecule has 3 N–H and O–H groups in total. The van der Waals surface area contributed by atoms with Gasteiger partial charge in [0.05, 0.1) is 21.9 Å². The van der Waals surface area contributed by atoms with E-state index >= 15 is 0 Å². The van der Waals surface area contributed by atoms with Gasteiger partial charge in [-0.05, 0) is 37.1 Å². The third-order valence-corrected chi connectivity index (χ3v) is 6.67. The van der Waals surface area contributed by atoms with Crippen molar-refractivity contribution in [2.75, 3.05) is 0 Å². The van der Waals surface area contributed by atoms with E-state index in [2.05, 4.69) is 4.72 Å². The van der Waals surface area contributed by atoms with Gasteiger partial charge in [-0.3, -0.25) is 0 Å². The minimum atomic E-state index is -4.03. The van der Waals surface area contributed by atoms with Crippen molar-refractivity contribution in [1.29, 1.82) is 0 Å². The molecule has 0 amide bonds. The van der Waals surface area contributed by atoms with E-state index in [1.54, 1.807) is 49.4 Å². The first-order valence-corrected chi connectivity index (χ1v) is 11.3. The van der Waals surface area contributed by atoms with Crippen LogP contribution in [-0.4, -0.2) is 18.6 Å². The molecule has 1 unspecified atom stereocenters. The highest BCUT2D eigenvalue weighted by Crippen LogP contribution is 2.41. The zero-order valence-electron chi connectivity index (χ0n) is 17.4. The Morgan fingerprint density at radius 2 is 1.56 bits per heavy atom.